The van der Waals surface area contributed by atoms with Crippen molar-refractivity contribution in [2.45, 2.75) is 12.5 Å². The van der Waals surface area contributed by atoms with Crippen LogP contribution in [0.2, 0.25) is 5.28 Å². The molecule has 58 valence electrons. The fourth-order valence-corrected chi connectivity index (χ4v) is 1.07. The minimum atomic E-state index is 0.308. The number of ether oxygens (including phenoxy) is 1. The fourth-order valence-electron chi connectivity index (χ4n) is 0.902. The van der Waals surface area contributed by atoms with E-state index in [-0.39, 0.29) is 0 Å². The molecule has 1 fully saturated rings. The van der Waals surface area contributed by atoms with Crippen LogP contribution in [0.15, 0.2) is 12.3 Å². The van der Waals surface area contributed by atoms with Crippen LogP contribution in [0, 0.1) is 0 Å². The van der Waals surface area contributed by atoms with E-state index in [1.165, 1.54) is 0 Å². The van der Waals surface area contributed by atoms with Crippen LogP contribution in [-0.4, -0.2) is 22.7 Å². The van der Waals surface area contributed by atoms with E-state index < -0.39 is 0 Å². The van der Waals surface area contributed by atoms with E-state index >= 15 is 0 Å². The van der Waals surface area contributed by atoms with Crippen molar-refractivity contribution in [1.29, 1.82) is 0 Å². The van der Waals surface area contributed by atoms with Crippen LogP contribution in [0.4, 0.5) is 0 Å². The largest absolute Gasteiger partial charge is 0.373 e. The van der Waals surface area contributed by atoms with Crippen molar-refractivity contribution < 1.29 is 4.74 Å². The Bertz CT molecular complexity index is 262. The fraction of sp³-hybridized carbons (Fsp3) is 0.429. The average Bonchev–Trinajstić information content (AvgIpc) is 2.71. The SMILES string of the molecule is Clc1nccc(CC2CO2)n1. The van der Waals surface area contributed by atoms with Gasteiger partial charge in [-0.05, 0) is 17.7 Å². The lowest BCUT2D eigenvalue weighted by atomic mass is 10.2. The number of hydrogen-bond donors (Lipinski definition) is 0. The van der Waals surface area contributed by atoms with E-state index in [1.54, 1.807) is 6.20 Å². The van der Waals surface area contributed by atoms with Crippen molar-refractivity contribution in [3.8, 4) is 0 Å². The van der Waals surface area contributed by atoms with E-state index in [1.807, 2.05) is 6.07 Å². The molecule has 3 nitrogen and oxygen atoms in total. The Balaban J connectivity index is 2.10. The monoisotopic (exact) mass is 170 g/mol. The minimum Gasteiger partial charge on any atom is -0.373 e. The predicted octanol–water partition coefficient (Wildman–Crippen LogP) is 1.07. The second-order valence-electron chi connectivity index (χ2n) is 2.48. The first kappa shape index (κ1) is 7.00. The maximum Gasteiger partial charge on any atom is 0.222 e. The second-order valence-corrected chi connectivity index (χ2v) is 2.81. The number of hydrogen-bond acceptors (Lipinski definition) is 3. The van der Waals surface area contributed by atoms with Crippen LogP contribution in [0.3, 0.4) is 0 Å². The summed E-state index contributed by atoms with van der Waals surface area (Å²) in [7, 11) is 0. The molecule has 1 saturated heterocycles. The molecule has 1 aliphatic rings. The molecule has 11 heavy (non-hydrogen) atoms. The Labute approximate surface area is 69.4 Å². The summed E-state index contributed by atoms with van der Waals surface area (Å²) in [6, 6.07) is 1.85. The van der Waals surface area contributed by atoms with Crippen LogP contribution in [-0.2, 0) is 11.2 Å². The molecule has 2 heterocycles. The molecule has 0 aromatic carbocycles. The van der Waals surface area contributed by atoms with Gasteiger partial charge in [-0.15, -0.1) is 0 Å². The Kier molecular flexibility index (Phi) is 1.75. The zero-order valence-electron chi connectivity index (χ0n) is 5.83. The van der Waals surface area contributed by atoms with Gasteiger partial charge < -0.3 is 4.74 Å². The molecule has 0 aliphatic carbocycles. The Morgan fingerprint density at radius 2 is 2.55 bits per heavy atom. The van der Waals surface area contributed by atoms with Gasteiger partial charge in [-0.25, -0.2) is 9.97 Å². The van der Waals surface area contributed by atoms with Crippen LogP contribution in [0.25, 0.3) is 0 Å². The number of halogens is 1. The number of nitrogens with zero attached hydrogens (tertiary/aromatic N) is 2. The molecule has 0 N–H and O–H groups in total. The van der Waals surface area contributed by atoms with E-state index in [2.05, 4.69) is 9.97 Å². The second kappa shape index (κ2) is 2.75. The molecule has 2 rings (SSSR count). The molecule has 0 spiro atoms. The van der Waals surface area contributed by atoms with Crippen molar-refractivity contribution in [2.24, 2.45) is 0 Å². The first-order valence-electron chi connectivity index (χ1n) is 3.43. The zero-order chi connectivity index (χ0) is 7.68. The highest BCUT2D eigenvalue weighted by Crippen LogP contribution is 2.14. The Morgan fingerprint density at radius 3 is 3.18 bits per heavy atom. The molecular weight excluding hydrogens is 164 g/mol. The van der Waals surface area contributed by atoms with E-state index in [0.29, 0.717) is 11.4 Å². The van der Waals surface area contributed by atoms with Gasteiger partial charge in [0.1, 0.15) is 0 Å². The van der Waals surface area contributed by atoms with Crippen molar-refractivity contribution >= 4 is 11.6 Å². The Hall–Kier alpha value is -0.670. The first-order valence-corrected chi connectivity index (χ1v) is 3.81. The lowest BCUT2D eigenvalue weighted by Crippen LogP contribution is -1.96. The topological polar surface area (TPSA) is 38.3 Å². The van der Waals surface area contributed by atoms with Crippen LogP contribution in [0.1, 0.15) is 5.69 Å². The highest BCUT2D eigenvalue weighted by Gasteiger charge is 2.23. The van der Waals surface area contributed by atoms with Crippen LogP contribution >= 0.6 is 11.6 Å². The lowest BCUT2D eigenvalue weighted by Gasteiger charge is -1.94. The average molecular weight is 171 g/mol. The van der Waals surface area contributed by atoms with Gasteiger partial charge in [-0.1, -0.05) is 0 Å². The number of rotatable bonds is 2. The van der Waals surface area contributed by atoms with Gasteiger partial charge >= 0.3 is 0 Å². The van der Waals surface area contributed by atoms with Gasteiger partial charge in [0.2, 0.25) is 5.28 Å². The van der Waals surface area contributed by atoms with Crippen LogP contribution < -0.4 is 0 Å². The highest BCUT2D eigenvalue weighted by atomic mass is 35.5. The van der Waals surface area contributed by atoms with Crippen LogP contribution in [0.5, 0.6) is 0 Å². The molecule has 1 aliphatic heterocycles. The summed E-state index contributed by atoms with van der Waals surface area (Å²) in [5.41, 5.74) is 0.951. The first-order chi connectivity index (χ1) is 5.34. The molecule has 0 radical (unpaired) electrons. The summed E-state index contributed by atoms with van der Waals surface area (Å²) in [6.07, 6.45) is 2.87. The van der Waals surface area contributed by atoms with Crippen molar-refractivity contribution in [3.05, 3.63) is 23.2 Å². The normalized spacial score (nSPS) is 21.7. The summed E-state index contributed by atoms with van der Waals surface area (Å²) < 4.78 is 5.05. The maximum atomic E-state index is 5.59. The van der Waals surface area contributed by atoms with Crippen molar-refractivity contribution in [1.82, 2.24) is 9.97 Å². The minimum absolute atomic E-state index is 0.308. The van der Waals surface area contributed by atoms with Crippen molar-refractivity contribution in [3.63, 3.8) is 0 Å². The maximum absolute atomic E-state index is 5.59. The molecule has 0 bridgehead atoms. The summed E-state index contributed by atoms with van der Waals surface area (Å²) in [6.45, 7) is 0.849. The smallest absolute Gasteiger partial charge is 0.222 e. The number of epoxide rings is 1. The quantitative estimate of drug-likeness (QED) is 0.492. The summed E-state index contributed by atoms with van der Waals surface area (Å²) >= 11 is 5.59. The third-order valence-corrected chi connectivity index (χ3v) is 1.71. The molecular formula is C7H7ClN2O. The highest BCUT2D eigenvalue weighted by molar-refractivity contribution is 6.28. The number of aromatic nitrogens is 2. The van der Waals surface area contributed by atoms with E-state index in [0.717, 1.165) is 18.7 Å². The predicted molar refractivity (Wildman–Crippen MR) is 40.5 cm³/mol. The van der Waals surface area contributed by atoms with Gasteiger partial charge in [-0.3, -0.25) is 0 Å². The van der Waals surface area contributed by atoms with Gasteiger partial charge in [0.25, 0.3) is 0 Å². The molecule has 1 aromatic rings. The molecule has 4 heteroatoms. The van der Waals surface area contributed by atoms with Gasteiger partial charge in [-0.2, -0.15) is 0 Å². The molecule has 0 amide bonds. The third kappa shape index (κ3) is 1.88. The third-order valence-electron chi connectivity index (χ3n) is 1.52. The molecule has 0 saturated carbocycles. The zero-order valence-corrected chi connectivity index (χ0v) is 6.58. The van der Waals surface area contributed by atoms with E-state index in [9.17, 15) is 0 Å². The van der Waals surface area contributed by atoms with Gasteiger partial charge in [0.05, 0.1) is 12.7 Å². The van der Waals surface area contributed by atoms with Crippen molar-refractivity contribution in [2.75, 3.05) is 6.61 Å². The standard InChI is InChI=1S/C7H7ClN2O/c8-7-9-2-1-5(10-7)3-6-4-11-6/h1-2,6H,3-4H2. The molecule has 1 unspecified atom stereocenters. The van der Waals surface area contributed by atoms with Gasteiger partial charge in [0.15, 0.2) is 0 Å². The Morgan fingerprint density at radius 1 is 1.73 bits per heavy atom. The lowest BCUT2D eigenvalue weighted by molar-refractivity contribution is 0.406. The van der Waals surface area contributed by atoms with E-state index in [4.69, 9.17) is 16.3 Å². The van der Waals surface area contributed by atoms with Gasteiger partial charge in [0, 0.05) is 18.3 Å². The summed E-state index contributed by atoms with van der Waals surface area (Å²) in [5.74, 6) is 0. The summed E-state index contributed by atoms with van der Waals surface area (Å²) in [5, 5.41) is 0.308. The molecule has 1 atom stereocenters. The summed E-state index contributed by atoms with van der Waals surface area (Å²) in [4.78, 5) is 7.81. The molecule has 1 aromatic heterocycles.